The molecule has 2 amide bonds. The van der Waals surface area contributed by atoms with Crippen molar-refractivity contribution in [2.75, 3.05) is 5.32 Å². The Labute approximate surface area is 160 Å². The van der Waals surface area contributed by atoms with Crippen molar-refractivity contribution in [3.05, 3.63) is 28.8 Å². The first-order valence-corrected chi connectivity index (χ1v) is 9.25. The molecule has 0 aliphatic carbocycles. The number of rotatable bonds is 9. The molecule has 0 aliphatic rings. The zero-order valence-electron chi connectivity index (χ0n) is 14.8. The van der Waals surface area contributed by atoms with Crippen LogP contribution >= 0.6 is 11.3 Å². The third kappa shape index (κ3) is 7.02. The average molecular weight is 391 g/mol. The molecule has 0 bridgehead atoms. The van der Waals surface area contributed by atoms with Gasteiger partial charge in [0, 0.05) is 6.42 Å². The number of phenols is 2. The Morgan fingerprint density at radius 2 is 2.00 bits per heavy atom. The molecular formula is C17H21N5O4S. The van der Waals surface area contributed by atoms with Crippen molar-refractivity contribution in [1.82, 2.24) is 15.6 Å². The second-order valence-electron chi connectivity index (χ2n) is 5.72. The molecule has 144 valence electrons. The number of nitrogens with zero attached hydrogens (tertiary/aromatic N) is 3. The molecule has 4 N–H and O–H groups in total. The number of carbonyl (C=O) groups excluding carboxylic acids is 2. The van der Waals surface area contributed by atoms with Gasteiger partial charge in [-0.1, -0.05) is 31.1 Å². The number of carbonyl (C=O) groups is 2. The van der Waals surface area contributed by atoms with E-state index in [0.29, 0.717) is 22.1 Å². The largest absolute Gasteiger partial charge is 0.504 e. The van der Waals surface area contributed by atoms with E-state index in [1.807, 2.05) is 0 Å². The van der Waals surface area contributed by atoms with Gasteiger partial charge in [-0.05, 0) is 30.2 Å². The van der Waals surface area contributed by atoms with Crippen LogP contribution in [-0.4, -0.2) is 38.4 Å². The molecule has 0 aliphatic heterocycles. The van der Waals surface area contributed by atoms with Gasteiger partial charge in [0.15, 0.2) is 11.5 Å². The van der Waals surface area contributed by atoms with Crippen LogP contribution in [0.1, 0.15) is 43.2 Å². The highest BCUT2D eigenvalue weighted by Crippen LogP contribution is 2.24. The minimum atomic E-state index is -0.397. The van der Waals surface area contributed by atoms with Gasteiger partial charge in [-0.15, -0.1) is 10.2 Å². The number of anilines is 1. The van der Waals surface area contributed by atoms with Crippen molar-refractivity contribution in [2.24, 2.45) is 5.10 Å². The number of aromatic nitrogens is 2. The number of hydrazone groups is 1. The number of amides is 2. The maximum Gasteiger partial charge on any atom is 0.247 e. The first kappa shape index (κ1) is 20.3. The number of unbranched alkanes of at least 4 members (excludes halogenated alkanes) is 2. The molecule has 2 aromatic rings. The van der Waals surface area contributed by atoms with Gasteiger partial charge in [-0.2, -0.15) is 5.10 Å². The Hall–Kier alpha value is -3.01. The smallest absolute Gasteiger partial charge is 0.247 e. The van der Waals surface area contributed by atoms with Gasteiger partial charge in [0.1, 0.15) is 5.01 Å². The van der Waals surface area contributed by atoms with Crippen LogP contribution in [0.3, 0.4) is 0 Å². The Bertz CT molecular complexity index is 821. The number of aromatic hydroxyl groups is 2. The van der Waals surface area contributed by atoms with Crippen molar-refractivity contribution in [2.45, 2.75) is 39.0 Å². The summed E-state index contributed by atoms with van der Waals surface area (Å²) < 4.78 is 0. The highest BCUT2D eigenvalue weighted by atomic mass is 32.1. The number of nitrogens with one attached hydrogen (secondary N) is 2. The van der Waals surface area contributed by atoms with Crippen molar-refractivity contribution in [3.8, 4) is 11.5 Å². The zero-order chi connectivity index (χ0) is 19.6. The summed E-state index contributed by atoms with van der Waals surface area (Å²) in [5, 5.41) is 33.6. The number of hydrogen-bond acceptors (Lipinski definition) is 8. The van der Waals surface area contributed by atoms with Crippen molar-refractivity contribution in [3.63, 3.8) is 0 Å². The lowest BCUT2D eigenvalue weighted by Gasteiger charge is -2.00. The molecule has 1 heterocycles. The summed E-state index contributed by atoms with van der Waals surface area (Å²) in [6.07, 6.45) is 4.61. The molecule has 9 nitrogen and oxygen atoms in total. The van der Waals surface area contributed by atoms with Crippen LogP contribution in [0, 0.1) is 0 Å². The standard InChI is InChI=1S/C17H21N5O4S/c1-2-3-4-5-14(25)19-17-22-21-16(27-17)9-15(26)20-18-10-11-6-7-12(23)13(24)8-11/h6-8,10,23-24H,2-5,9H2,1H3,(H,20,26)(H,19,22,25)/b18-10-. The first-order chi connectivity index (χ1) is 13.0. The number of phenolic OH excluding ortho intramolecular Hbond substituents is 2. The van der Waals surface area contributed by atoms with Crippen LogP contribution < -0.4 is 10.7 Å². The van der Waals surface area contributed by atoms with E-state index < -0.39 is 5.91 Å². The molecule has 2 rings (SSSR count). The average Bonchev–Trinajstić information content (AvgIpc) is 3.05. The van der Waals surface area contributed by atoms with Crippen LogP contribution in [0.5, 0.6) is 11.5 Å². The van der Waals surface area contributed by atoms with Crippen molar-refractivity contribution in [1.29, 1.82) is 0 Å². The summed E-state index contributed by atoms with van der Waals surface area (Å²) >= 11 is 1.13. The quantitative estimate of drug-likeness (QED) is 0.224. The molecule has 0 spiro atoms. The van der Waals surface area contributed by atoms with Crippen LogP contribution in [-0.2, 0) is 16.0 Å². The molecular weight excluding hydrogens is 370 g/mol. The van der Waals surface area contributed by atoms with E-state index in [4.69, 9.17) is 0 Å². The molecule has 0 saturated carbocycles. The normalized spacial score (nSPS) is 10.9. The van der Waals surface area contributed by atoms with Gasteiger partial charge in [0.25, 0.3) is 0 Å². The topological polar surface area (TPSA) is 137 Å². The SMILES string of the molecule is CCCCCC(=O)Nc1nnc(CC(=O)N/N=C\c2ccc(O)c(O)c2)s1. The predicted molar refractivity (Wildman–Crippen MR) is 102 cm³/mol. The van der Waals surface area contributed by atoms with Gasteiger partial charge in [-0.3, -0.25) is 9.59 Å². The third-order valence-electron chi connectivity index (χ3n) is 3.43. The number of hydrogen-bond donors (Lipinski definition) is 4. The fraction of sp³-hybridized carbons (Fsp3) is 0.353. The lowest BCUT2D eigenvalue weighted by molar-refractivity contribution is -0.120. The Morgan fingerprint density at radius 1 is 1.19 bits per heavy atom. The van der Waals surface area contributed by atoms with Crippen LogP contribution in [0.4, 0.5) is 5.13 Å². The molecule has 0 radical (unpaired) electrons. The Balaban J connectivity index is 1.78. The van der Waals surface area contributed by atoms with E-state index in [2.05, 4.69) is 33.0 Å². The van der Waals surface area contributed by atoms with Gasteiger partial charge in [-0.25, -0.2) is 5.43 Å². The van der Waals surface area contributed by atoms with Crippen LogP contribution in [0.15, 0.2) is 23.3 Å². The van der Waals surface area contributed by atoms with Gasteiger partial charge < -0.3 is 15.5 Å². The molecule has 1 aromatic heterocycles. The Kier molecular flexibility index (Phi) is 7.68. The second kappa shape index (κ2) is 10.2. The highest BCUT2D eigenvalue weighted by molar-refractivity contribution is 7.15. The highest BCUT2D eigenvalue weighted by Gasteiger charge is 2.11. The van der Waals surface area contributed by atoms with E-state index in [1.165, 1.54) is 24.4 Å². The van der Waals surface area contributed by atoms with E-state index >= 15 is 0 Å². The maximum atomic E-state index is 11.9. The molecule has 1 aromatic carbocycles. The van der Waals surface area contributed by atoms with E-state index in [9.17, 15) is 19.8 Å². The van der Waals surface area contributed by atoms with E-state index in [0.717, 1.165) is 30.6 Å². The van der Waals surface area contributed by atoms with Crippen LogP contribution in [0.25, 0.3) is 0 Å². The summed E-state index contributed by atoms with van der Waals surface area (Å²) in [4.78, 5) is 23.6. The van der Waals surface area contributed by atoms with Crippen molar-refractivity contribution < 1.29 is 19.8 Å². The minimum Gasteiger partial charge on any atom is -0.504 e. The lowest BCUT2D eigenvalue weighted by Crippen LogP contribution is -2.19. The minimum absolute atomic E-state index is 0.0263. The summed E-state index contributed by atoms with van der Waals surface area (Å²) in [6, 6.07) is 4.16. The van der Waals surface area contributed by atoms with Gasteiger partial charge in [0.05, 0.1) is 12.6 Å². The fourth-order valence-electron chi connectivity index (χ4n) is 2.07. The lowest BCUT2D eigenvalue weighted by atomic mass is 10.2. The molecule has 10 heteroatoms. The van der Waals surface area contributed by atoms with Gasteiger partial charge >= 0.3 is 0 Å². The molecule has 27 heavy (non-hydrogen) atoms. The molecule has 0 fully saturated rings. The van der Waals surface area contributed by atoms with E-state index in [-0.39, 0.29) is 23.8 Å². The predicted octanol–water partition coefficient (Wildman–Crippen LogP) is 2.16. The number of benzene rings is 1. The van der Waals surface area contributed by atoms with Crippen LogP contribution in [0.2, 0.25) is 0 Å². The van der Waals surface area contributed by atoms with Gasteiger partial charge in [0.2, 0.25) is 16.9 Å². The third-order valence-corrected chi connectivity index (χ3v) is 4.27. The molecule has 0 atom stereocenters. The second-order valence-corrected chi connectivity index (χ2v) is 6.79. The monoisotopic (exact) mass is 391 g/mol. The summed E-state index contributed by atoms with van der Waals surface area (Å²) in [5.41, 5.74) is 2.84. The summed E-state index contributed by atoms with van der Waals surface area (Å²) in [5.74, 6) is -1.02. The maximum absolute atomic E-state index is 11.9. The first-order valence-electron chi connectivity index (χ1n) is 8.44. The summed E-state index contributed by atoms with van der Waals surface area (Å²) in [6.45, 7) is 2.07. The Morgan fingerprint density at radius 3 is 2.74 bits per heavy atom. The molecule has 0 unspecified atom stereocenters. The van der Waals surface area contributed by atoms with E-state index in [1.54, 1.807) is 0 Å². The van der Waals surface area contributed by atoms with Crippen molar-refractivity contribution >= 4 is 34.5 Å². The zero-order valence-corrected chi connectivity index (χ0v) is 15.6. The molecule has 0 saturated heterocycles. The fourth-order valence-corrected chi connectivity index (χ4v) is 2.82. The summed E-state index contributed by atoms with van der Waals surface area (Å²) in [7, 11) is 0.